The third kappa shape index (κ3) is 2.22. The molecule has 76 valence electrons. The molecule has 2 rings (SSSR count). The smallest absolute Gasteiger partial charge is 0.293 e. The molecule has 0 saturated carbocycles. The van der Waals surface area contributed by atoms with Crippen molar-refractivity contribution in [3.8, 4) is 11.5 Å². The Balaban J connectivity index is 2.30. The van der Waals surface area contributed by atoms with E-state index in [4.69, 9.17) is 4.74 Å². The summed E-state index contributed by atoms with van der Waals surface area (Å²) >= 11 is 0. The van der Waals surface area contributed by atoms with E-state index in [2.05, 4.69) is 9.97 Å². The van der Waals surface area contributed by atoms with Crippen molar-refractivity contribution in [3.05, 3.63) is 52.7 Å². The molecular weight excluding hydrogens is 192 g/mol. The first-order valence-electron chi connectivity index (χ1n) is 4.53. The number of aromatic nitrogens is 2. The van der Waals surface area contributed by atoms with Crippen LogP contribution in [0, 0.1) is 6.92 Å². The minimum Gasteiger partial charge on any atom is -0.450 e. The summed E-state index contributed by atoms with van der Waals surface area (Å²) in [5.74, 6) is 0.830. The molecule has 1 N–H and O–H groups in total. The van der Waals surface area contributed by atoms with Crippen molar-refractivity contribution >= 4 is 0 Å². The van der Waals surface area contributed by atoms with Gasteiger partial charge in [0.2, 0.25) is 5.75 Å². The molecule has 0 amide bonds. The van der Waals surface area contributed by atoms with Crippen LogP contribution in [0.4, 0.5) is 0 Å². The molecule has 2 aromatic rings. The molecule has 1 aromatic heterocycles. The van der Waals surface area contributed by atoms with E-state index < -0.39 is 0 Å². The van der Waals surface area contributed by atoms with E-state index in [1.807, 2.05) is 25.1 Å². The van der Waals surface area contributed by atoms with E-state index in [1.54, 1.807) is 6.07 Å². The zero-order valence-electron chi connectivity index (χ0n) is 8.23. The van der Waals surface area contributed by atoms with Gasteiger partial charge in [0, 0.05) is 0 Å². The van der Waals surface area contributed by atoms with Gasteiger partial charge in [-0.25, -0.2) is 4.98 Å². The highest BCUT2D eigenvalue weighted by Gasteiger charge is 2.01. The van der Waals surface area contributed by atoms with Crippen molar-refractivity contribution in [1.29, 1.82) is 0 Å². The summed E-state index contributed by atoms with van der Waals surface area (Å²) in [5.41, 5.74) is 0.791. The Kier molecular flexibility index (Phi) is 2.49. The van der Waals surface area contributed by atoms with Crippen LogP contribution in [0.1, 0.15) is 5.56 Å². The van der Waals surface area contributed by atoms with Gasteiger partial charge < -0.3 is 9.72 Å². The Labute approximate surface area is 86.6 Å². The Bertz CT molecular complexity index is 520. The second-order valence-electron chi connectivity index (χ2n) is 3.16. The van der Waals surface area contributed by atoms with Gasteiger partial charge in [0.25, 0.3) is 5.56 Å². The van der Waals surface area contributed by atoms with Gasteiger partial charge in [-0.05, 0) is 24.6 Å². The van der Waals surface area contributed by atoms with Gasteiger partial charge in [0.1, 0.15) is 5.75 Å². The van der Waals surface area contributed by atoms with Crippen LogP contribution >= 0.6 is 0 Å². The van der Waals surface area contributed by atoms with Gasteiger partial charge >= 0.3 is 0 Å². The number of nitrogens with zero attached hydrogens (tertiary/aromatic N) is 1. The van der Waals surface area contributed by atoms with Crippen molar-refractivity contribution < 1.29 is 4.74 Å². The Hall–Kier alpha value is -2.10. The fourth-order valence-corrected chi connectivity index (χ4v) is 1.21. The molecule has 0 aliphatic rings. The molecule has 0 atom stereocenters. The SMILES string of the molecule is Cc1cccc(Oc2cnc[nH]c2=O)c1. The Morgan fingerprint density at radius 1 is 1.40 bits per heavy atom. The molecule has 0 saturated heterocycles. The molecule has 0 aliphatic heterocycles. The number of aromatic amines is 1. The number of ether oxygens (including phenoxy) is 1. The Morgan fingerprint density at radius 3 is 3.00 bits per heavy atom. The van der Waals surface area contributed by atoms with Crippen LogP contribution in [0.25, 0.3) is 0 Å². The Morgan fingerprint density at radius 2 is 2.27 bits per heavy atom. The minimum absolute atomic E-state index is 0.197. The third-order valence-corrected chi connectivity index (χ3v) is 1.90. The number of rotatable bonds is 2. The maximum Gasteiger partial charge on any atom is 0.293 e. The van der Waals surface area contributed by atoms with Crippen LogP contribution in [0.3, 0.4) is 0 Å². The summed E-state index contributed by atoms with van der Waals surface area (Å²) in [5, 5.41) is 0. The predicted octanol–water partition coefficient (Wildman–Crippen LogP) is 1.87. The van der Waals surface area contributed by atoms with Crippen molar-refractivity contribution in [1.82, 2.24) is 9.97 Å². The van der Waals surface area contributed by atoms with Crippen LogP contribution in [-0.4, -0.2) is 9.97 Å². The highest BCUT2D eigenvalue weighted by molar-refractivity contribution is 5.31. The number of hydrogen-bond acceptors (Lipinski definition) is 3. The molecule has 0 fully saturated rings. The van der Waals surface area contributed by atoms with E-state index in [-0.39, 0.29) is 11.3 Å². The topological polar surface area (TPSA) is 55.0 Å². The van der Waals surface area contributed by atoms with E-state index >= 15 is 0 Å². The van der Waals surface area contributed by atoms with Crippen molar-refractivity contribution in [2.75, 3.05) is 0 Å². The average Bonchev–Trinajstić information content (AvgIpc) is 2.22. The maximum atomic E-state index is 11.3. The van der Waals surface area contributed by atoms with Gasteiger partial charge in [0.15, 0.2) is 0 Å². The summed E-state index contributed by atoms with van der Waals surface area (Å²) in [7, 11) is 0. The molecule has 0 aliphatic carbocycles. The van der Waals surface area contributed by atoms with Crippen molar-refractivity contribution in [2.45, 2.75) is 6.92 Å². The van der Waals surface area contributed by atoms with Crippen LogP contribution in [0.15, 0.2) is 41.6 Å². The van der Waals surface area contributed by atoms with Crippen LogP contribution < -0.4 is 10.3 Å². The largest absolute Gasteiger partial charge is 0.450 e. The van der Waals surface area contributed by atoms with Gasteiger partial charge in [-0.15, -0.1) is 0 Å². The number of hydrogen-bond donors (Lipinski definition) is 1. The molecule has 1 aromatic carbocycles. The number of H-pyrrole nitrogens is 1. The molecule has 15 heavy (non-hydrogen) atoms. The lowest BCUT2D eigenvalue weighted by Crippen LogP contribution is -2.08. The molecule has 0 bridgehead atoms. The van der Waals surface area contributed by atoms with E-state index in [0.717, 1.165) is 5.56 Å². The zero-order valence-corrected chi connectivity index (χ0v) is 8.23. The van der Waals surface area contributed by atoms with E-state index in [1.165, 1.54) is 12.5 Å². The summed E-state index contributed by atoms with van der Waals surface area (Å²) in [6, 6.07) is 7.47. The third-order valence-electron chi connectivity index (χ3n) is 1.90. The minimum atomic E-state index is -0.286. The van der Waals surface area contributed by atoms with Crippen molar-refractivity contribution in [2.24, 2.45) is 0 Å². The fourth-order valence-electron chi connectivity index (χ4n) is 1.21. The molecule has 1 heterocycles. The summed E-state index contributed by atoms with van der Waals surface area (Å²) in [6.45, 7) is 1.96. The summed E-state index contributed by atoms with van der Waals surface area (Å²) < 4.78 is 5.38. The summed E-state index contributed by atoms with van der Waals surface area (Å²) in [6.07, 6.45) is 2.71. The number of nitrogens with one attached hydrogen (secondary N) is 1. The average molecular weight is 202 g/mol. The highest BCUT2D eigenvalue weighted by atomic mass is 16.5. The molecule has 4 heteroatoms. The number of benzene rings is 1. The maximum absolute atomic E-state index is 11.3. The van der Waals surface area contributed by atoms with E-state index in [0.29, 0.717) is 5.75 Å². The molecule has 0 spiro atoms. The predicted molar refractivity (Wildman–Crippen MR) is 56.1 cm³/mol. The zero-order chi connectivity index (χ0) is 10.7. The fraction of sp³-hybridized carbons (Fsp3) is 0.0909. The van der Waals surface area contributed by atoms with Crippen LogP contribution in [0.2, 0.25) is 0 Å². The molecule has 4 nitrogen and oxygen atoms in total. The van der Waals surface area contributed by atoms with Gasteiger partial charge in [-0.2, -0.15) is 0 Å². The molecule has 0 unspecified atom stereocenters. The van der Waals surface area contributed by atoms with Crippen molar-refractivity contribution in [3.63, 3.8) is 0 Å². The van der Waals surface area contributed by atoms with E-state index in [9.17, 15) is 4.79 Å². The quantitative estimate of drug-likeness (QED) is 0.808. The molecule has 0 radical (unpaired) electrons. The standard InChI is InChI=1S/C11H10N2O2/c1-8-3-2-4-9(5-8)15-10-6-12-7-13-11(10)14/h2-7H,1H3,(H,12,13,14). The second kappa shape index (κ2) is 3.96. The van der Waals surface area contributed by atoms with Crippen LogP contribution in [0.5, 0.6) is 11.5 Å². The van der Waals surface area contributed by atoms with Gasteiger partial charge in [-0.1, -0.05) is 12.1 Å². The normalized spacial score (nSPS) is 9.93. The monoisotopic (exact) mass is 202 g/mol. The van der Waals surface area contributed by atoms with Gasteiger partial charge in [0.05, 0.1) is 12.5 Å². The highest BCUT2D eigenvalue weighted by Crippen LogP contribution is 2.17. The lowest BCUT2D eigenvalue weighted by Gasteiger charge is -2.03. The molecular formula is C11H10N2O2. The first-order valence-corrected chi connectivity index (χ1v) is 4.53. The lowest BCUT2D eigenvalue weighted by atomic mass is 10.2. The lowest BCUT2D eigenvalue weighted by molar-refractivity contribution is 0.471. The number of aryl methyl sites for hydroxylation is 1. The van der Waals surface area contributed by atoms with Crippen LogP contribution in [-0.2, 0) is 0 Å². The first-order chi connectivity index (χ1) is 7.25. The van der Waals surface area contributed by atoms with Gasteiger partial charge in [-0.3, -0.25) is 4.79 Å². The first kappa shape index (κ1) is 9.45. The second-order valence-corrected chi connectivity index (χ2v) is 3.16. The summed E-state index contributed by atoms with van der Waals surface area (Å²) in [4.78, 5) is 17.5.